The van der Waals surface area contributed by atoms with E-state index in [2.05, 4.69) is 20.8 Å². The Labute approximate surface area is 213 Å². The molecule has 0 radical (unpaired) electrons. The zero-order valence-electron chi connectivity index (χ0n) is 21.2. The van der Waals surface area contributed by atoms with Crippen molar-refractivity contribution in [2.75, 3.05) is 12.4 Å². The van der Waals surface area contributed by atoms with E-state index in [1.807, 2.05) is 50.6 Å². The molecule has 0 aliphatic carbocycles. The monoisotopic (exact) mass is 497 g/mol. The molecule has 188 valence electrons. The zero-order chi connectivity index (χ0) is 26.3. The molecule has 10 nitrogen and oxygen atoms in total. The molecule has 0 unspecified atom stereocenters. The molecule has 2 N–H and O–H groups in total. The van der Waals surface area contributed by atoms with Crippen molar-refractivity contribution in [1.82, 2.24) is 29.9 Å². The van der Waals surface area contributed by atoms with Gasteiger partial charge in [-0.3, -0.25) is 9.59 Å². The molecule has 2 amide bonds. The highest BCUT2D eigenvalue weighted by Crippen LogP contribution is 2.30. The lowest BCUT2D eigenvalue weighted by atomic mass is 10.1. The molecule has 0 fully saturated rings. The number of hydrogen-bond donors (Lipinski definition) is 2. The summed E-state index contributed by atoms with van der Waals surface area (Å²) in [5.41, 5.74) is 4.28. The van der Waals surface area contributed by atoms with Crippen LogP contribution >= 0.6 is 0 Å². The van der Waals surface area contributed by atoms with Gasteiger partial charge < -0.3 is 15.1 Å². The molecular formula is C27H27N7O3. The molecule has 5 rings (SSSR count). The van der Waals surface area contributed by atoms with Gasteiger partial charge in [-0.1, -0.05) is 0 Å². The van der Waals surface area contributed by atoms with E-state index in [9.17, 15) is 9.59 Å². The summed E-state index contributed by atoms with van der Waals surface area (Å²) in [6.07, 6.45) is 3.39. The van der Waals surface area contributed by atoms with Gasteiger partial charge in [0.25, 0.3) is 11.8 Å². The second-order valence-electron chi connectivity index (χ2n) is 9.03. The Bertz CT molecular complexity index is 1620. The van der Waals surface area contributed by atoms with Crippen molar-refractivity contribution >= 4 is 28.5 Å². The van der Waals surface area contributed by atoms with Crippen molar-refractivity contribution in [3.8, 4) is 16.9 Å². The Hall–Kier alpha value is -4.73. The summed E-state index contributed by atoms with van der Waals surface area (Å²) in [4.78, 5) is 30.1. The number of hydrogen-bond acceptors (Lipinski definition) is 6. The summed E-state index contributed by atoms with van der Waals surface area (Å²) >= 11 is 0. The van der Waals surface area contributed by atoms with E-state index in [-0.39, 0.29) is 17.9 Å². The minimum Gasteiger partial charge on any atom is -0.466 e. The van der Waals surface area contributed by atoms with Crippen molar-refractivity contribution < 1.29 is 14.0 Å². The predicted molar refractivity (Wildman–Crippen MR) is 140 cm³/mol. The maximum atomic E-state index is 13.5. The number of nitrogens with zero attached hydrogens (tertiary/aromatic N) is 5. The standard InChI is InChI=1S/C27H27N7O3/c1-15(2)34-25-22(14-29-34)21(13-24(31-25)20-12-16(3)37-17(20)4)26(35)30-18-6-8-19(9-7-18)33-11-10-23(32-33)27(36)28-5/h6-15H,1-5H3,(H,28,36)(H,30,35). The number of carbonyl (C=O) groups excluding carboxylic acids is 2. The molecule has 5 aromatic rings. The number of rotatable bonds is 6. The summed E-state index contributed by atoms with van der Waals surface area (Å²) in [5.74, 6) is 0.980. The summed E-state index contributed by atoms with van der Waals surface area (Å²) in [6, 6.07) is 12.6. The molecule has 10 heteroatoms. The minimum atomic E-state index is -0.274. The molecular weight excluding hydrogens is 470 g/mol. The second-order valence-corrected chi connectivity index (χ2v) is 9.03. The van der Waals surface area contributed by atoms with Gasteiger partial charge in [0.1, 0.15) is 11.5 Å². The average molecular weight is 498 g/mol. The van der Waals surface area contributed by atoms with E-state index in [1.54, 1.807) is 48.4 Å². The highest BCUT2D eigenvalue weighted by atomic mass is 16.3. The first-order chi connectivity index (χ1) is 17.7. The van der Waals surface area contributed by atoms with E-state index >= 15 is 0 Å². The van der Waals surface area contributed by atoms with Crippen LogP contribution in [0.3, 0.4) is 0 Å². The Kier molecular flexibility index (Phi) is 6.08. The van der Waals surface area contributed by atoms with Gasteiger partial charge in [0, 0.05) is 30.5 Å². The molecule has 0 aliphatic rings. The number of aryl methyl sites for hydroxylation is 2. The van der Waals surface area contributed by atoms with Crippen molar-refractivity contribution in [2.24, 2.45) is 0 Å². The molecule has 0 saturated heterocycles. The smallest absolute Gasteiger partial charge is 0.271 e. The normalized spacial score (nSPS) is 11.3. The third kappa shape index (κ3) is 4.49. The van der Waals surface area contributed by atoms with Crippen LogP contribution in [0, 0.1) is 13.8 Å². The van der Waals surface area contributed by atoms with Gasteiger partial charge in [0.15, 0.2) is 11.3 Å². The number of nitrogens with one attached hydrogen (secondary N) is 2. The van der Waals surface area contributed by atoms with Gasteiger partial charge in [-0.05, 0) is 70.2 Å². The lowest BCUT2D eigenvalue weighted by molar-refractivity contribution is 0.0956. The Morgan fingerprint density at radius 2 is 1.78 bits per heavy atom. The van der Waals surface area contributed by atoms with Gasteiger partial charge in [-0.2, -0.15) is 10.2 Å². The highest BCUT2D eigenvalue weighted by Gasteiger charge is 2.20. The second kappa shape index (κ2) is 9.38. The topological polar surface area (TPSA) is 120 Å². The van der Waals surface area contributed by atoms with Crippen molar-refractivity contribution in [2.45, 2.75) is 33.7 Å². The molecule has 4 heterocycles. The van der Waals surface area contributed by atoms with Crippen molar-refractivity contribution in [3.63, 3.8) is 0 Å². The van der Waals surface area contributed by atoms with E-state index < -0.39 is 0 Å². The van der Waals surface area contributed by atoms with E-state index in [0.717, 1.165) is 22.8 Å². The minimum absolute atomic E-state index is 0.0714. The fraction of sp³-hybridized carbons (Fsp3) is 0.222. The third-order valence-electron chi connectivity index (χ3n) is 6.06. The number of fused-ring (bicyclic) bond motifs is 1. The fourth-order valence-electron chi connectivity index (χ4n) is 4.22. The van der Waals surface area contributed by atoms with Gasteiger partial charge in [-0.25, -0.2) is 14.3 Å². The Morgan fingerprint density at radius 3 is 2.43 bits per heavy atom. The first-order valence-electron chi connectivity index (χ1n) is 11.9. The summed E-state index contributed by atoms with van der Waals surface area (Å²) in [6.45, 7) is 7.80. The fourth-order valence-corrected chi connectivity index (χ4v) is 4.22. The maximum Gasteiger partial charge on any atom is 0.271 e. The molecule has 0 saturated carbocycles. The molecule has 0 atom stereocenters. The average Bonchev–Trinajstić information content (AvgIpc) is 3.61. The van der Waals surface area contributed by atoms with Crippen molar-refractivity contribution in [3.05, 3.63) is 77.6 Å². The summed E-state index contributed by atoms with van der Waals surface area (Å²) in [7, 11) is 1.56. The van der Waals surface area contributed by atoms with Crippen molar-refractivity contribution in [1.29, 1.82) is 0 Å². The molecule has 0 bridgehead atoms. The van der Waals surface area contributed by atoms with Crippen LogP contribution in [-0.4, -0.2) is 43.4 Å². The SMILES string of the molecule is CNC(=O)c1ccn(-c2ccc(NC(=O)c3cc(-c4cc(C)oc4C)nc4c3cnn4C(C)C)cc2)n1. The molecule has 1 aromatic carbocycles. The maximum absolute atomic E-state index is 13.5. The number of pyridine rings is 1. The van der Waals surface area contributed by atoms with Crippen LogP contribution < -0.4 is 10.6 Å². The van der Waals surface area contributed by atoms with E-state index in [0.29, 0.717) is 33.7 Å². The number of aromatic nitrogens is 5. The lowest BCUT2D eigenvalue weighted by Crippen LogP contribution is -2.18. The zero-order valence-corrected chi connectivity index (χ0v) is 21.2. The first-order valence-corrected chi connectivity index (χ1v) is 11.9. The van der Waals surface area contributed by atoms with Crippen LogP contribution in [-0.2, 0) is 0 Å². The van der Waals surface area contributed by atoms with Gasteiger partial charge in [0.05, 0.1) is 28.5 Å². The van der Waals surface area contributed by atoms with Crippen LogP contribution in [0.2, 0.25) is 0 Å². The molecule has 0 spiro atoms. The Balaban J connectivity index is 1.47. The molecule has 37 heavy (non-hydrogen) atoms. The third-order valence-corrected chi connectivity index (χ3v) is 6.06. The summed E-state index contributed by atoms with van der Waals surface area (Å²) < 4.78 is 9.12. The van der Waals surface area contributed by atoms with E-state index in [1.165, 1.54) is 0 Å². The van der Waals surface area contributed by atoms with Crippen LogP contribution in [0.25, 0.3) is 28.0 Å². The summed E-state index contributed by atoms with van der Waals surface area (Å²) in [5, 5.41) is 15.0. The van der Waals surface area contributed by atoms with Crippen LogP contribution in [0.1, 0.15) is 52.3 Å². The number of amides is 2. The number of furan rings is 1. The van der Waals surface area contributed by atoms with Gasteiger partial charge >= 0.3 is 0 Å². The molecule has 0 aliphatic heterocycles. The van der Waals surface area contributed by atoms with Gasteiger partial charge in [-0.15, -0.1) is 0 Å². The number of carbonyl (C=O) groups is 2. The van der Waals surface area contributed by atoms with Gasteiger partial charge in [0.2, 0.25) is 0 Å². The van der Waals surface area contributed by atoms with Crippen LogP contribution in [0.5, 0.6) is 0 Å². The highest BCUT2D eigenvalue weighted by molar-refractivity contribution is 6.12. The Morgan fingerprint density at radius 1 is 1.03 bits per heavy atom. The van der Waals surface area contributed by atoms with E-state index in [4.69, 9.17) is 9.40 Å². The quantitative estimate of drug-likeness (QED) is 0.351. The first kappa shape index (κ1) is 24.0. The predicted octanol–water partition coefficient (Wildman–Crippen LogP) is 4.69. The molecule has 4 aromatic heterocycles. The van der Waals surface area contributed by atoms with Crippen LogP contribution in [0.15, 0.2) is 59.3 Å². The van der Waals surface area contributed by atoms with Crippen LogP contribution in [0.4, 0.5) is 5.69 Å². The number of benzene rings is 1. The lowest BCUT2D eigenvalue weighted by Gasteiger charge is -2.11. The largest absolute Gasteiger partial charge is 0.466 e. The number of anilines is 1.